The molecule has 264 valence electrons. The highest BCUT2D eigenvalue weighted by atomic mass is 35.5. The van der Waals surface area contributed by atoms with E-state index in [0.717, 1.165) is 50.6 Å². The molecule has 49 heavy (non-hydrogen) atoms. The fourth-order valence-electron chi connectivity index (χ4n) is 8.88. The zero-order valence-corrected chi connectivity index (χ0v) is 30.1. The summed E-state index contributed by atoms with van der Waals surface area (Å²) in [5.41, 5.74) is 1.71. The quantitative estimate of drug-likeness (QED) is 0.389. The van der Waals surface area contributed by atoms with Crippen LogP contribution < -0.4 is 14.4 Å². The molecule has 6 atom stereocenters. The van der Waals surface area contributed by atoms with Gasteiger partial charge in [0.05, 0.1) is 29.6 Å². The largest absolute Gasteiger partial charge is 0.490 e. The normalized spacial score (nSPS) is 33.3. The minimum absolute atomic E-state index is 0.00484. The summed E-state index contributed by atoms with van der Waals surface area (Å²) in [6, 6.07) is 11.3. The van der Waals surface area contributed by atoms with Gasteiger partial charge in [-0.2, -0.15) is 0 Å². The molecule has 2 bridgehead atoms. The molecule has 9 nitrogen and oxygen atoms in total. The molecule has 2 aromatic carbocycles. The van der Waals surface area contributed by atoms with Gasteiger partial charge in [-0.1, -0.05) is 36.7 Å². The first-order valence-corrected chi connectivity index (χ1v) is 19.8. The average molecular weight is 710 g/mol. The molecule has 1 saturated heterocycles. The zero-order valence-electron chi connectivity index (χ0n) is 28.5. The topological polar surface area (TPSA) is 116 Å². The smallest absolute Gasteiger partial charge is 0.264 e. The van der Waals surface area contributed by atoms with Crippen LogP contribution in [0.25, 0.3) is 0 Å². The number of anilines is 1. The van der Waals surface area contributed by atoms with Crippen LogP contribution in [0, 0.1) is 17.8 Å². The van der Waals surface area contributed by atoms with Crippen LogP contribution in [0.4, 0.5) is 5.69 Å². The van der Waals surface area contributed by atoms with Crippen molar-refractivity contribution in [1.29, 1.82) is 0 Å². The van der Waals surface area contributed by atoms with Gasteiger partial charge in [0.1, 0.15) is 5.75 Å². The van der Waals surface area contributed by atoms with Gasteiger partial charge in [0, 0.05) is 42.2 Å². The molecule has 2 N–H and O–H groups in total. The van der Waals surface area contributed by atoms with Gasteiger partial charge >= 0.3 is 0 Å². The maximum Gasteiger partial charge on any atom is 0.264 e. The Morgan fingerprint density at radius 2 is 1.90 bits per heavy atom. The van der Waals surface area contributed by atoms with E-state index < -0.39 is 26.8 Å². The molecule has 2 aliphatic carbocycles. The first-order chi connectivity index (χ1) is 23.4. The molecular formula is C38H48ClN3O6S. The van der Waals surface area contributed by atoms with Crippen LogP contribution in [0.5, 0.6) is 5.75 Å². The van der Waals surface area contributed by atoms with E-state index >= 15 is 0 Å². The first-order valence-electron chi connectivity index (χ1n) is 17.9. The van der Waals surface area contributed by atoms with Gasteiger partial charge in [0.25, 0.3) is 5.91 Å². The number of amides is 2. The van der Waals surface area contributed by atoms with Crippen molar-refractivity contribution in [2.24, 2.45) is 17.8 Å². The Morgan fingerprint density at radius 3 is 2.65 bits per heavy atom. The van der Waals surface area contributed by atoms with Gasteiger partial charge < -0.3 is 19.6 Å². The number of aryl methyl sites for hydroxylation is 1. The van der Waals surface area contributed by atoms with Crippen LogP contribution >= 0.6 is 11.6 Å². The highest BCUT2D eigenvalue weighted by Gasteiger charge is 2.49. The number of carbonyl (C=O) groups excluding carboxylic acids is 2. The fourth-order valence-corrected chi connectivity index (χ4v) is 10.4. The van der Waals surface area contributed by atoms with Crippen molar-refractivity contribution in [3.8, 4) is 5.75 Å². The number of fused-ring (bicyclic) bond motifs is 4. The van der Waals surface area contributed by atoms with Crippen molar-refractivity contribution in [2.75, 3.05) is 37.7 Å². The highest BCUT2D eigenvalue weighted by Crippen LogP contribution is 2.49. The molecule has 2 fully saturated rings. The van der Waals surface area contributed by atoms with E-state index in [0.29, 0.717) is 50.0 Å². The van der Waals surface area contributed by atoms with Crippen molar-refractivity contribution in [1.82, 2.24) is 9.62 Å². The number of nitrogens with one attached hydrogen (secondary N) is 1. The third-order valence-electron chi connectivity index (χ3n) is 12.1. The Balaban J connectivity index is 1.30. The number of allylic oxidation sites excluding steroid dienone is 1. The number of benzene rings is 2. The predicted octanol–water partition coefficient (Wildman–Crippen LogP) is 5.63. The zero-order chi connectivity index (χ0) is 34.6. The molecule has 3 heterocycles. The number of rotatable bonds is 2. The summed E-state index contributed by atoms with van der Waals surface area (Å²) >= 11 is 6.44. The standard InChI is InChI=1S/C38H48ClN3O6S/c1-25-7-5-16-38(45,21-35(43)41-17-3-4-18-41)32-12-9-29(32)22-42-23-37(15-6-8-27-19-30(39)11-13-31(27)37)24-48-34-14-10-28(20-33(34)42)36(44)40-49(46,47)26(25)2/h5,10-11,13-14,16,19-20,25-26,29,32,45H,3-4,6-9,12,15,17-18,21-24H2,1-2H3,(H,40,44)/b16-5+/t25-,26+,29-,32+,37-,38-/m0/s1. The molecule has 0 unspecified atom stereocenters. The number of hydrogen-bond acceptors (Lipinski definition) is 7. The first kappa shape index (κ1) is 34.4. The van der Waals surface area contributed by atoms with Gasteiger partial charge in [0.2, 0.25) is 15.9 Å². The van der Waals surface area contributed by atoms with Crippen LogP contribution in [0.3, 0.4) is 0 Å². The molecular weight excluding hydrogens is 662 g/mol. The summed E-state index contributed by atoms with van der Waals surface area (Å²) in [6.45, 7) is 6.52. The molecule has 1 saturated carbocycles. The van der Waals surface area contributed by atoms with E-state index in [9.17, 15) is 23.1 Å². The number of carbonyl (C=O) groups is 2. The van der Waals surface area contributed by atoms with E-state index in [1.807, 2.05) is 24.0 Å². The van der Waals surface area contributed by atoms with Gasteiger partial charge in [-0.25, -0.2) is 13.1 Å². The Kier molecular flexibility index (Phi) is 9.28. The van der Waals surface area contributed by atoms with Gasteiger partial charge in [-0.15, -0.1) is 0 Å². The Labute approximate surface area is 295 Å². The fraction of sp³-hybridized carbons (Fsp3) is 0.579. The lowest BCUT2D eigenvalue weighted by Crippen LogP contribution is -2.53. The highest BCUT2D eigenvalue weighted by molar-refractivity contribution is 7.90. The lowest BCUT2D eigenvalue weighted by Gasteiger charge is -2.49. The van der Waals surface area contributed by atoms with E-state index in [1.54, 1.807) is 31.2 Å². The lowest BCUT2D eigenvalue weighted by molar-refractivity contribution is -0.138. The predicted molar refractivity (Wildman–Crippen MR) is 191 cm³/mol. The van der Waals surface area contributed by atoms with Crippen LogP contribution in [0.2, 0.25) is 5.02 Å². The van der Waals surface area contributed by atoms with Gasteiger partial charge in [0.15, 0.2) is 0 Å². The molecule has 0 aromatic heterocycles. The van der Waals surface area contributed by atoms with Crippen molar-refractivity contribution < 1.29 is 27.9 Å². The second-order valence-corrected chi connectivity index (χ2v) is 17.8. The lowest BCUT2D eigenvalue weighted by atomic mass is 9.63. The number of sulfonamides is 1. The summed E-state index contributed by atoms with van der Waals surface area (Å²) in [5, 5.41) is 12.3. The summed E-state index contributed by atoms with van der Waals surface area (Å²) in [4.78, 5) is 31.2. The monoisotopic (exact) mass is 709 g/mol. The Hall–Kier alpha value is -3.08. The van der Waals surface area contributed by atoms with Crippen LogP contribution in [0.15, 0.2) is 48.6 Å². The number of aliphatic hydroxyl groups is 1. The molecule has 3 aliphatic heterocycles. The molecule has 5 aliphatic rings. The SMILES string of the molecule is C[C@@H]1[C@@H](C)C/C=C/[C@](O)(CC(=O)N2CCCC2)[C@@H]2CC[C@H]2CN2C[C@@]3(CCCc4cc(Cl)ccc43)COc3ccc(cc32)C(=O)NS1(=O)=O. The third kappa shape index (κ3) is 6.61. The number of halogens is 1. The minimum atomic E-state index is -4.02. The molecule has 1 spiro atoms. The van der Waals surface area contributed by atoms with Crippen LogP contribution in [-0.2, 0) is 26.7 Å². The maximum absolute atomic E-state index is 13.5. The number of ether oxygens (including phenoxy) is 1. The summed E-state index contributed by atoms with van der Waals surface area (Å²) in [7, 11) is -4.02. The van der Waals surface area contributed by atoms with Crippen molar-refractivity contribution in [3.63, 3.8) is 0 Å². The van der Waals surface area contributed by atoms with E-state index in [4.69, 9.17) is 16.3 Å². The Morgan fingerprint density at radius 1 is 1.10 bits per heavy atom. The van der Waals surface area contributed by atoms with Gasteiger partial charge in [-0.05, 0) is 118 Å². The molecule has 2 aromatic rings. The second-order valence-electron chi connectivity index (χ2n) is 15.3. The number of hydrogen-bond donors (Lipinski definition) is 2. The molecule has 7 rings (SSSR count). The van der Waals surface area contributed by atoms with E-state index in [-0.39, 0.29) is 41.1 Å². The average Bonchev–Trinajstić information content (AvgIpc) is 3.55. The van der Waals surface area contributed by atoms with Crippen molar-refractivity contribution in [3.05, 3.63) is 70.3 Å². The molecule has 2 amide bonds. The van der Waals surface area contributed by atoms with E-state index in [1.165, 1.54) is 11.1 Å². The van der Waals surface area contributed by atoms with Crippen LogP contribution in [-0.4, -0.2) is 73.9 Å². The Bertz CT molecular complexity index is 1760. The summed E-state index contributed by atoms with van der Waals surface area (Å²) in [5.74, 6) is -0.490. The second kappa shape index (κ2) is 13.2. The minimum Gasteiger partial charge on any atom is -0.490 e. The van der Waals surface area contributed by atoms with Gasteiger partial charge in [-0.3, -0.25) is 9.59 Å². The number of likely N-dealkylation sites (tertiary alicyclic amines) is 1. The van der Waals surface area contributed by atoms with Crippen LogP contribution in [0.1, 0.15) is 86.7 Å². The van der Waals surface area contributed by atoms with Crippen molar-refractivity contribution in [2.45, 2.75) is 87.9 Å². The van der Waals surface area contributed by atoms with Crippen molar-refractivity contribution >= 4 is 39.1 Å². The third-order valence-corrected chi connectivity index (χ3v) is 14.3. The number of nitrogens with zero attached hydrogens (tertiary/aromatic N) is 2. The molecule has 11 heteroatoms. The summed E-state index contributed by atoms with van der Waals surface area (Å²) < 4.78 is 35.8. The maximum atomic E-state index is 13.5. The molecule has 0 radical (unpaired) electrons. The van der Waals surface area contributed by atoms with E-state index in [2.05, 4.69) is 21.8 Å². The summed E-state index contributed by atoms with van der Waals surface area (Å²) in [6.07, 6.45) is 10.5.